The standard InChI is InChI=1S/C29H30FN3O4/c1-36-22-11-7-20(8-12-22)28-24(19-27(34)33(28)21-9-13-23(37-2)14-10-21)29(35)32-17-15-31(16-18-32)26-6-4-3-5-25(26)30/h3-14,24,28H,15-19H2,1-2H3/t24-,28+/m0/s1. The molecule has 2 aliphatic heterocycles. The summed E-state index contributed by atoms with van der Waals surface area (Å²) in [6.45, 7) is 2.00. The van der Waals surface area contributed by atoms with Crippen molar-refractivity contribution in [1.29, 1.82) is 0 Å². The van der Waals surface area contributed by atoms with Gasteiger partial charge in [0, 0.05) is 38.3 Å². The Balaban J connectivity index is 1.40. The van der Waals surface area contributed by atoms with E-state index in [1.165, 1.54) is 6.07 Å². The fourth-order valence-electron chi connectivity index (χ4n) is 5.30. The number of para-hydroxylation sites is 1. The molecule has 8 heteroatoms. The van der Waals surface area contributed by atoms with Crippen molar-refractivity contribution in [2.45, 2.75) is 12.5 Å². The number of rotatable bonds is 6. The van der Waals surface area contributed by atoms with E-state index in [-0.39, 0.29) is 24.1 Å². The second-order valence-electron chi connectivity index (χ2n) is 9.25. The topological polar surface area (TPSA) is 62.3 Å². The van der Waals surface area contributed by atoms with Gasteiger partial charge in [0.2, 0.25) is 11.8 Å². The average Bonchev–Trinajstić information content (AvgIpc) is 3.30. The maximum atomic E-state index is 14.3. The van der Waals surface area contributed by atoms with Crippen LogP contribution in [0.1, 0.15) is 18.0 Å². The van der Waals surface area contributed by atoms with Crippen LogP contribution in [0, 0.1) is 11.7 Å². The summed E-state index contributed by atoms with van der Waals surface area (Å²) in [7, 11) is 3.20. The van der Waals surface area contributed by atoms with Gasteiger partial charge in [0.25, 0.3) is 0 Å². The fourth-order valence-corrected chi connectivity index (χ4v) is 5.30. The van der Waals surface area contributed by atoms with Crippen LogP contribution in [0.5, 0.6) is 11.5 Å². The van der Waals surface area contributed by atoms with Crippen LogP contribution in [-0.2, 0) is 9.59 Å². The molecule has 0 saturated carbocycles. The van der Waals surface area contributed by atoms with Crippen molar-refractivity contribution in [3.8, 4) is 11.5 Å². The summed E-state index contributed by atoms with van der Waals surface area (Å²) >= 11 is 0. The van der Waals surface area contributed by atoms with Crippen LogP contribution in [0.2, 0.25) is 0 Å². The average molecular weight is 504 g/mol. The molecule has 2 heterocycles. The van der Waals surface area contributed by atoms with E-state index in [4.69, 9.17) is 9.47 Å². The number of amides is 2. The Morgan fingerprint density at radius 1 is 0.838 bits per heavy atom. The number of hydrogen-bond acceptors (Lipinski definition) is 5. The minimum absolute atomic E-state index is 0.0571. The van der Waals surface area contributed by atoms with Crippen LogP contribution < -0.4 is 19.3 Å². The molecule has 0 spiro atoms. The van der Waals surface area contributed by atoms with Crippen molar-refractivity contribution in [1.82, 2.24) is 4.90 Å². The zero-order valence-electron chi connectivity index (χ0n) is 21.0. The van der Waals surface area contributed by atoms with Gasteiger partial charge in [-0.2, -0.15) is 0 Å². The van der Waals surface area contributed by atoms with Crippen molar-refractivity contribution >= 4 is 23.2 Å². The number of ether oxygens (including phenoxy) is 2. The molecule has 2 fully saturated rings. The number of anilines is 2. The van der Waals surface area contributed by atoms with E-state index in [1.54, 1.807) is 31.3 Å². The number of carbonyl (C=O) groups excluding carboxylic acids is 2. The molecule has 2 amide bonds. The third-order valence-electron chi connectivity index (χ3n) is 7.23. The van der Waals surface area contributed by atoms with Crippen molar-refractivity contribution in [3.05, 3.63) is 84.2 Å². The van der Waals surface area contributed by atoms with Crippen molar-refractivity contribution in [3.63, 3.8) is 0 Å². The van der Waals surface area contributed by atoms with E-state index in [1.807, 2.05) is 64.4 Å². The quantitative estimate of drug-likeness (QED) is 0.502. The van der Waals surface area contributed by atoms with Crippen molar-refractivity contribution in [2.75, 3.05) is 50.2 Å². The Morgan fingerprint density at radius 2 is 1.43 bits per heavy atom. The third kappa shape index (κ3) is 4.83. The van der Waals surface area contributed by atoms with Crippen LogP contribution >= 0.6 is 0 Å². The summed E-state index contributed by atoms with van der Waals surface area (Å²) in [5.41, 5.74) is 2.13. The predicted octanol–water partition coefficient (Wildman–Crippen LogP) is 4.29. The van der Waals surface area contributed by atoms with Crippen LogP contribution in [0.4, 0.5) is 15.8 Å². The Hall–Kier alpha value is -4.07. The Kier molecular flexibility index (Phi) is 6.99. The van der Waals surface area contributed by atoms with E-state index in [0.717, 1.165) is 5.56 Å². The highest BCUT2D eigenvalue weighted by Crippen LogP contribution is 2.43. The van der Waals surface area contributed by atoms with Gasteiger partial charge < -0.3 is 24.2 Å². The maximum absolute atomic E-state index is 14.3. The Bertz CT molecular complexity index is 1260. The minimum atomic E-state index is -0.539. The first-order chi connectivity index (χ1) is 18.0. The largest absolute Gasteiger partial charge is 0.497 e. The number of halogens is 1. The molecule has 3 aromatic carbocycles. The second-order valence-corrected chi connectivity index (χ2v) is 9.25. The van der Waals surface area contributed by atoms with Gasteiger partial charge in [-0.05, 0) is 54.1 Å². The molecule has 7 nitrogen and oxygen atoms in total. The molecule has 0 bridgehead atoms. The number of piperazine rings is 1. The minimum Gasteiger partial charge on any atom is -0.497 e. The first kappa shape index (κ1) is 24.6. The Labute approximate surface area is 216 Å². The lowest BCUT2D eigenvalue weighted by atomic mass is 9.91. The summed E-state index contributed by atoms with van der Waals surface area (Å²) in [5.74, 6) is 0.432. The van der Waals surface area contributed by atoms with Gasteiger partial charge in [-0.1, -0.05) is 24.3 Å². The first-order valence-corrected chi connectivity index (χ1v) is 12.4. The summed E-state index contributed by atoms with van der Waals surface area (Å²) in [6, 6.07) is 21.1. The van der Waals surface area contributed by atoms with Gasteiger partial charge in [0.1, 0.15) is 17.3 Å². The van der Waals surface area contributed by atoms with Gasteiger partial charge >= 0.3 is 0 Å². The number of hydrogen-bond donors (Lipinski definition) is 0. The maximum Gasteiger partial charge on any atom is 0.228 e. The molecule has 0 aromatic heterocycles. The highest BCUT2D eigenvalue weighted by atomic mass is 19.1. The molecule has 2 aliphatic rings. The lowest BCUT2D eigenvalue weighted by molar-refractivity contribution is -0.136. The molecule has 37 heavy (non-hydrogen) atoms. The van der Waals surface area contributed by atoms with E-state index in [9.17, 15) is 14.0 Å². The molecule has 3 aromatic rings. The second kappa shape index (κ2) is 10.5. The van der Waals surface area contributed by atoms with Gasteiger partial charge in [-0.15, -0.1) is 0 Å². The van der Waals surface area contributed by atoms with E-state index in [2.05, 4.69) is 0 Å². The molecule has 192 valence electrons. The molecule has 2 atom stereocenters. The molecule has 0 radical (unpaired) electrons. The molecular weight excluding hydrogens is 473 g/mol. The van der Waals surface area contributed by atoms with Crippen molar-refractivity contribution in [2.24, 2.45) is 5.92 Å². The van der Waals surface area contributed by atoms with Gasteiger partial charge in [0.05, 0.1) is 31.9 Å². The zero-order valence-corrected chi connectivity index (χ0v) is 21.0. The SMILES string of the molecule is COc1ccc([C@@H]2[C@@H](C(=O)N3CCN(c4ccccc4F)CC3)CC(=O)N2c2ccc(OC)cc2)cc1. The smallest absolute Gasteiger partial charge is 0.228 e. The number of methoxy groups -OCH3 is 2. The van der Waals surface area contributed by atoms with Gasteiger partial charge in [-0.25, -0.2) is 4.39 Å². The molecule has 2 saturated heterocycles. The van der Waals surface area contributed by atoms with E-state index >= 15 is 0 Å². The monoisotopic (exact) mass is 503 g/mol. The molecule has 0 aliphatic carbocycles. The van der Waals surface area contributed by atoms with Crippen LogP contribution in [0.3, 0.4) is 0 Å². The van der Waals surface area contributed by atoms with Gasteiger partial charge in [0.15, 0.2) is 0 Å². The van der Waals surface area contributed by atoms with Gasteiger partial charge in [-0.3, -0.25) is 9.59 Å². The fraction of sp³-hybridized carbons (Fsp3) is 0.310. The highest BCUT2D eigenvalue weighted by molar-refractivity contribution is 6.01. The molecule has 0 N–H and O–H groups in total. The number of nitrogens with zero attached hydrogens (tertiary/aromatic N) is 3. The summed E-state index contributed by atoms with van der Waals surface area (Å²) in [6.07, 6.45) is 0.120. The molecular formula is C29H30FN3O4. The highest BCUT2D eigenvalue weighted by Gasteiger charge is 2.47. The summed E-state index contributed by atoms with van der Waals surface area (Å²) < 4.78 is 24.9. The van der Waals surface area contributed by atoms with Crippen LogP contribution in [0.15, 0.2) is 72.8 Å². The molecule has 0 unspecified atom stereocenters. The summed E-state index contributed by atoms with van der Waals surface area (Å²) in [5, 5.41) is 0. The number of carbonyl (C=O) groups is 2. The summed E-state index contributed by atoms with van der Waals surface area (Å²) in [4.78, 5) is 32.7. The predicted molar refractivity (Wildman–Crippen MR) is 140 cm³/mol. The van der Waals surface area contributed by atoms with Crippen molar-refractivity contribution < 1.29 is 23.5 Å². The normalized spacial score (nSPS) is 19.8. The van der Waals surface area contributed by atoms with E-state index in [0.29, 0.717) is 49.1 Å². The molecule has 5 rings (SSSR count). The third-order valence-corrected chi connectivity index (χ3v) is 7.23. The van der Waals surface area contributed by atoms with E-state index < -0.39 is 12.0 Å². The van der Waals surface area contributed by atoms with Crippen LogP contribution in [-0.4, -0.2) is 57.1 Å². The Morgan fingerprint density at radius 3 is 2.03 bits per heavy atom. The van der Waals surface area contributed by atoms with Crippen LogP contribution in [0.25, 0.3) is 0 Å². The number of benzene rings is 3. The lowest BCUT2D eigenvalue weighted by Crippen LogP contribution is -2.51. The zero-order chi connectivity index (χ0) is 25.9. The lowest BCUT2D eigenvalue weighted by Gasteiger charge is -2.38. The first-order valence-electron chi connectivity index (χ1n) is 12.4.